The van der Waals surface area contributed by atoms with Crippen LogP contribution in [0.25, 0.3) is 0 Å². The van der Waals surface area contributed by atoms with Crippen LogP contribution in [0.2, 0.25) is 0 Å². The van der Waals surface area contributed by atoms with Crippen LogP contribution in [0, 0.1) is 5.92 Å². The molecule has 0 radical (unpaired) electrons. The fourth-order valence-electron chi connectivity index (χ4n) is 3.70. The molecule has 0 aromatic carbocycles. The molecule has 0 saturated carbocycles. The number of pyridine rings is 1. The maximum atomic E-state index is 5.85. The molecule has 4 heterocycles. The van der Waals surface area contributed by atoms with Crippen molar-refractivity contribution in [1.82, 2.24) is 4.98 Å². The van der Waals surface area contributed by atoms with E-state index in [1.165, 1.54) is 12.1 Å². The van der Waals surface area contributed by atoms with E-state index < -0.39 is 0 Å². The van der Waals surface area contributed by atoms with Crippen LogP contribution in [0.5, 0.6) is 0 Å². The molecular formula is C16H20N4O. The van der Waals surface area contributed by atoms with Crippen LogP contribution in [0.1, 0.15) is 6.42 Å². The van der Waals surface area contributed by atoms with Gasteiger partial charge in [0.05, 0.1) is 18.4 Å². The van der Waals surface area contributed by atoms with Crippen LogP contribution < -0.4 is 15.1 Å². The van der Waals surface area contributed by atoms with E-state index in [-0.39, 0.29) is 0 Å². The first-order chi connectivity index (χ1) is 10.4. The Morgan fingerprint density at radius 1 is 1.14 bits per heavy atom. The predicted molar refractivity (Wildman–Crippen MR) is 83.1 cm³/mol. The lowest BCUT2D eigenvalue weighted by atomic mass is 10.1. The van der Waals surface area contributed by atoms with E-state index >= 15 is 0 Å². The standard InChI is InChI=1S/C16H20N4O/c1-2-11(1)14-10-20(7-8-21-14)15-4-3-13-16(18-15)17-12-5-6-19(13)9-12/h1-4,11-12,14H,5-10H2,(H,17,18)/t12-,14?/m0/s1. The third-order valence-electron chi connectivity index (χ3n) is 4.99. The molecule has 2 fully saturated rings. The number of hydrogen-bond acceptors (Lipinski definition) is 5. The molecule has 5 heteroatoms. The van der Waals surface area contributed by atoms with E-state index in [1.807, 2.05) is 0 Å². The SMILES string of the molecule is C1=CC1C1CN(c2ccc3c(n2)N[C@H]2CCN3C2)CCO1. The Morgan fingerprint density at radius 2 is 2.10 bits per heavy atom. The van der Waals surface area contributed by atoms with Crippen molar-refractivity contribution < 1.29 is 4.74 Å². The first kappa shape index (κ1) is 11.9. The minimum atomic E-state index is 0.310. The Kier molecular flexibility index (Phi) is 2.47. The summed E-state index contributed by atoms with van der Waals surface area (Å²) in [6.45, 7) is 4.95. The van der Waals surface area contributed by atoms with Crippen molar-refractivity contribution in [2.45, 2.75) is 18.6 Å². The van der Waals surface area contributed by atoms with Crippen LogP contribution in [0.4, 0.5) is 17.3 Å². The number of nitrogens with one attached hydrogen (secondary N) is 1. The van der Waals surface area contributed by atoms with Gasteiger partial charge in [-0.05, 0) is 18.6 Å². The van der Waals surface area contributed by atoms with E-state index in [0.29, 0.717) is 18.1 Å². The molecule has 1 N–H and O–H groups in total. The van der Waals surface area contributed by atoms with Gasteiger partial charge < -0.3 is 19.9 Å². The molecule has 21 heavy (non-hydrogen) atoms. The van der Waals surface area contributed by atoms with E-state index in [9.17, 15) is 0 Å². The van der Waals surface area contributed by atoms with Gasteiger partial charge in [-0.3, -0.25) is 0 Å². The fourth-order valence-corrected chi connectivity index (χ4v) is 3.70. The lowest BCUT2D eigenvalue weighted by Gasteiger charge is -2.35. The van der Waals surface area contributed by atoms with Crippen molar-refractivity contribution in [3.05, 3.63) is 24.3 Å². The van der Waals surface area contributed by atoms with Gasteiger partial charge in [-0.1, -0.05) is 12.2 Å². The highest BCUT2D eigenvalue weighted by Gasteiger charge is 2.33. The molecule has 2 saturated heterocycles. The summed E-state index contributed by atoms with van der Waals surface area (Å²) in [5.41, 5.74) is 1.26. The summed E-state index contributed by atoms with van der Waals surface area (Å²) < 4.78 is 5.85. The van der Waals surface area contributed by atoms with Crippen LogP contribution in [-0.2, 0) is 4.74 Å². The predicted octanol–water partition coefficient (Wildman–Crippen LogP) is 1.48. The maximum Gasteiger partial charge on any atom is 0.152 e. The van der Waals surface area contributed by atoms with Gasteiger partial charge in [0.2, 0.25) is 0 Å². The van der Waals surface area contributed by atoms with Crippen molar-refractivity contribution >= 4 is 17.3 Å². The van der Waals surface area contributed by atoms with Crippen molar-refractivity contribution in [2.24, 2.45) is 5.92 Å². The van der Waals surface area contributed by atoms with E-state index in [4.69, 9.17) is 9.72 Å². The second kappa shape index (κ2) is 4.37. The Bertz CT molecular complexity index is 596. The van der Waals surface area contributed by atoms with E-state index in [1.54, 1.807) is 0 Å². The van der Waals surface area contributed by atoms with Crippen LogP contribution in [-0.4, -0.2) is 49.9 Å². The Balaban J connectivity index is 1.41. The fraction of sp³-hybridized carbons (Fsp3) is 0.562. The number of fused-ring (bicyclic) bond motifs is 4. The molecule has 1 aromatic heterocycles. The smallest absolute Gasteiger partial charge is 0.152 e. The largest absolute Gasteiger partial charge is 0.374 e. The summed E-state index contributed by atoms with van der Waals surface area (Å²) in [5, 5.41) is 3.59. The lowest BCUT2D eigenvalue weighted by molar-refractivity contribution is 0.0314. The van der Waals surface area contributed by atoms with Gasteiger partial charge in [0.25, 0.3) is 0 Å². The zero-order valence-electron chi connectivity index (χ0n) is 12.0. The molecule has 3 aliphatic heterocycles. The first-order valence-electron chi connectivity index (χ1n) is 7.94. The summed E-state index contributed by atoms with van der Waals surface area (Å²) in [7, 11) is 0. The maximum absolute atomic E-state index is 5.85. The molecule has 1 unspecified atom stereocenters. The molecular weight excluding hydrogens is 264 g/mol. The Morgan fingerprint density at radius 3 is 3.00 bits per heavy atom. The Hall–Kier alpha value is -1.75. The van der Waals surface area contributed by atoms with E-state index in [0.717, 1.165) is 44.4 Å². The summed E-state index contributed by atoms with van der Waals surface area (Å²) in [4.78, 5) is 9.70. The summed E-state index contributed by atoms with van der Waals surface area (Å²) in [6.07, 6.45) is 5.98. The first-order valence-corrected chi connectivity index (χ1v) is 7.94. The van der Waals surface area contributed by atoms with Gasteiger partial charge in [0.15, 0.2) is 5.82 Å². The number of morpholine rings is 1. The number of ether oxygens (including phenoxy) is 1. The minimum Gasteiger partial charge on any atom is -0.374 e. The summed E-state index contributed by atoms with van der Waals surface area (Å²) >= 11 is 0. The molecule has 1 aliphatic carbocycles. The van der Waals surface area contributed by atoms with Gasteiger partial charge in [-0.2, -0.15) is 0 Å². The van der Waals surface area contributed by atoms with E-state index in [2.05, 4.69) is 39.4 Å². The average Bonchev–Trinajstić information content (AvgIpc) is 3.31. The van der Waals surface area contributed by atoms with Gasteiger partial charge in [0, 0.05) is 38.1 Å². The average molecular weight is 284 g/mol. The number of hydrogen-bond donors (Lipinski definition) is 1. The van der Waals surface area contributed by atoms with Crippen LogP contribution >= 0.6 is 0 Å². The van der Waals surface area contributed by atoms with Crippen molar-refractivity contribution in [3.8, 4) is 0 Å². The quantitative estimate of drug-likeness (QED) is 0.833. The lowest BCUT2D eigenvalue weighted by Crippen LogP contribution is -2.44. The van der Waals surface area contributed by atoms with Gasteiger partial charge in [-0.25, -0.2) is 4.98 Å². The van der Waals surface area contributed by atoms with Gasteiger partial charge in [0.1, 0.15) is 5.82 Å². The van der Waals surface area contributed by atoms with Crippen molar-refractivity contribution in [3.63, 3.8) is 0 Å². The minimum absolute atomic E-state index is 0.310. The second-order valence-corrected chi connectivity index (χ2v) is 6.43. The number of rotatable bonds is 2. The molecule has 110 valence electrons. The molecule has 0 amide bonds. The highest BCUT2D eigenvalue weighted by molar-refractivity contribution is 5.72. The zero-order valence-corrected chi connectivity index (χ0v) is 12.0. The van der Waals surface area contributed by atoms with Crippen LogP contribution in [0.15, 0.2) is 24.3 Å². The molecule has 1 aromatic rings. The molecule has 2 atom stereocenters. The topological polar surface area (TPSA) is 40.6 Å². The highest BCUT2D eigenvalue weighted by atomic mass is 16.5. The molecule has 2 bridgehead atoms. The molecule has 5 rings (SSSR count). The third kappa shape index (κ3) is 1.99. The van der Waals surface area contributed by atoms with Crippen molar-refractivity contribution in [1.29, 1.82) is 0 Å². The molecule has 5 nitrogen and oxygen atoms in total. The molecule has 4 aliphatic rings. The number of nitrogens with zero attached hydrogens (tertiary/aromatic N) is 3. The summed E-state index contributed by atoms with van der Waals surface area (Å²) in [6, 6.07) is 4.97. The molecule has 0 spiro atoms. The van der Waals surface area contributed by atoms with Crippen molar-refractivity contribution in [2.75, 3.05) is 47.9 Å². The Labute approximate surface area is 124 Å². The van der Waals surface area contributed by atoms with Crippen LogP contribution in [0.3, 0.4) is 0 Å². The van der Waals surface area contributed by atoms with Gasteiger partial charge >= 0.3 is 0 Å². The summed E-state index contributed by atoms with van der Waals surface area (Å²) in [5.74, 6) is 2.69. The number of anilines is 3. The zero-order chi connectivity index (χ0) is 13.8. The monoisotopic (exact) mass is 284 g/mol. The normalized spacial score (nSPS) is 30.3. The number of aromatic nitrogens is 1. The second-order valence-electron chi connectivity index (χ2n) is 6.43. The highest BCUT2D eigenvalue weighted by Crippen LogP contribution is 2.36. The third-order valence-corrected chi connectivity index (χ3v) is 4.99. The van der Waals surface area contributed by atoms with Gasteiger partial charge in [-0.15, -0.1) is 0 Å².